The normalized spacial score (nSPS) is 40.8. The lowest BCUT2D eigenvalue weighted by atomic mass is 9.74. The number of alkyl halides is 1. The van der Waals surface area contributed by atoms with Gasteiger partial charge in [-0.3, -0.25) is 14.5 Å². The molecule has 10 heteroatoms. The SMILES string of the molecule is CC1CCC(F)C2CC(C(=O)NC3CCCC(N4CCN(S(C)(=O)=O)CC4)C3)ONC12. The first-order valence-electron chi connectivity index (χ1n) is 11.8. The molecular weight excluding hydrogens is 423 g/mol. The highest BCUT2D eigenvalue weighted by Gasteiger charge is 2.44. The number of nitrogens with one attached hydrogen (secondary N) is 2. The van der Waals surface area contributed by atoms with Crippen LogP contribution in [0.4, 0.5) is 4.39 Å². The van der Waals surface area contributed by atoms with Gasteiger partial charge < -0.3 is 5.32 Å². The second-order valence-corrected chi connectivity index (χ2v) is 11.9. The fourth-order valence-corrected chi connectivity index (χ4v) is 6.72. The number of piperazine rings is 1. The molecule has 0 aromatic carbocycles. The summed E-state index contributed by atoms with van der Waals surface area (Å²) in [7, 11) is -3.13. The molecule has 4 rings (SSSR count). The Bertz CT molecular complexity index is 746. The predicted molar refractivity (Wildman–Crippen MR) is 115 cm³/mol. The van der Waals surface area contributed by atoms with E-state index in [4.69, 9.17) is 4.84 Å². The largest absolute Gasteiger partial charge is 0.351 e. The zero-order valence-corrected chi connectivity index (χ0v) is 19.4. The summed E-state index contributed by atoms with van der Waals surface area (Å²) in [5, 5.41) is 3.15. The molecule has 2 aliphatic carbocycles. The Morgan fingerprint density at radius 1 is 1.10 bits per heavy atom. The van der Waals surface area contributed by atoms with Gasteiger partial charge in [-0.05, 0) is 50.9 Å². The van der Waals surface area contributed by atoms with E-state index in [-0.39, 0.29) is 23.9 Å². The van der Waals surface area contributed by atoms with Gasteiger partial charge in [0.25, 0.3) is 5.91 Å². The van der Waals surface area contributed by atoms with E-state index in [1.165, 1.54) is 10.6 Å². The minimum atomic E-state index is -3.13. The fourth-order valence-electron chi connectivity index (χ4n) is 5.90. The van der Waals surface area contributed by atoms with Crippen molar-refractivity contribution in [2.75, 3.05) is 32.4 Å². The van der Waals surface area contributed by atoms with Crippen LogP contribution in [0.1, 0.15) is 51.9 Å². The molecular formula is C21H37FN4O4S. The molecule has 0 spiro atoms. The zero-order chi connectivity index (χ0) is 22.2. The topological polar surface area (TPSA) is 91.0 Å². The van der Waals surface area contributed by atoms with E-state index in [1.807, 2.05) is 0 Å². The fraction of sp³-hybridized carbons (Fsp3) is 0.952. The molecule has 0 bridgehead atoms. The minimum Gasteiger partial charge on any atom is -0.351 e. The van der Waals surface area contributed by atoms with Crippen LogP contribution in [0.15, 0.2) is 0 Å². The predicted octanol–water partition coefficient (Wildman–Crippen LogP) is 1.04. The third-order valence-corrected chi connectivity index (χ3v) is 9.12. The Balaban J connectivity index is 1.27. The highest BCUT2D eigenvalue weighted by molar-refractivity contribution is 7.88. The number of hydrogen-bond donors (Lipinski definition) is 2. The molecule has 0 aromatic rings. The summed E-state index contributed by atoms with van der Waals surface area (Å²) in [6.45, 7) is 4.62. The summed E-state index contributed by atoms with van der Waals surface area (Å²) in [5.74, 6) is 0.0330. The molecule has 4 fully saturated rings. The van der Waals surface area contributed by atoms with E-state index in [9.17, 15) is 17.6 Å². The van der Waals surface area contributed by atoms with Crippen molar-refractivity contribution < 1.29 is 22.4 Å². The summed E-state index contributed by atoms with van der Waals surface area (Å²) in [6.07, 6.45) is 5.46. The number of amides is 1. The van der Waals surface area contributed by atoms with Crippen LogP contribution in [0, 0.1) is 11.8 Å². The maximum absolute atomic E-state index is 14.5. The highest BCUT2D eigenvalue weighted by atomic mass is 32.2. The average Bonchev–Trinajstić information content (AvgIpc) is 2.76. The molecule has 4 aliphatic rings. The third kappa shape index (κ3) is 5.40. The Kier molecular flexibility index (Phi) is 7.22. The summed E-state index contributed by atoms with van der Waals surface area (Å²) in [5.41, 5.74) is 2.98. The van der Waals surface area contributed by atoms with Crippen LogP contribution in [-0.2, 0) is 19.7 Å². The van der Waals surface area contributed by atoms with Gasteiger partial charge in [-0.25, -0.2) is 12.8 Å². The molecule has 178 valence electrons. The van der Waals surface area contributed by atoms with Crippen molar-refractivity contribution in [2.24, 2.45) is 11.8 Å². The number of sulfonamides is 1. The van der Waals surface area contributed by atoms with Gasteiger partial charge in [-0.1, -0.05) is 6.92 Å². The van der Waals surface area contributed by atoms with Gasteiger partial charge in [0, 0.05) is 50.2 Å². The van der Waals surface area contributed by atoms with Crippen molar-refractivity contribution in [3.8, 4) is 0 Å². The van der Waals surface area contributed by atoms with Gasteiger partial charge in [-0.2, -0.15) is 9.79 Å². The Hall–Kier alpha value is -0.810. The van der Waals surface area contributed by atoms with Gasteiger partial charge in [0.2, 0.25) is 10.0 Å². The maximum Gasteiger partial charge on any atom is 0.251 e. The van der Waals surface area contributed by atoms with Crippen molar-refractivity contribution in [1.82, 2.24) is 20.0 Å². The molecule has 7 unspecified atom stereocenters. The summed E-state index contributed by atoms with van der Waals surface area (Å²) in [6, 6.07) is 0.411. The number of rotatable bonds is 4. The number of carbonyl (C=O) groups is 1. The van der Waals surface area contributed by atoms with E-state index in [2.05, 4.69) is 22.6 Å². The van der Waals surface area contributed by atoms with Crippen LogP contribution in [0.2, 0.25) is 0 Å². The maximum atomic E-state index is 14.5. The van der Waals surface area contributed by atoms with Gasteiger partial charge in [0.15, 0.2) is 6.10 Å². The Morgan fingerprint density at radius 2 is 1.84 bits per heavy atom. The number of fused-ring (bicyclic) bond motifs is 1. The molecule has 2 saturated carbocycles. The van der Waals surface area contributed by atoms with E-state index in [0.29, 0.717) is 37.9 Å². The van der Waals surface area contributed by atoms with E-state index >= 15 is 0 Å². The minimum absolute atomic E-state index is 0.0162. The smallest absolute Gasteiger partial charge is 0.251 e. The second kappa shape index (κ2) is 9.59. The second-order valence-electron chi connectivity index (χ2n) is 9.94. The monoisotopic (exact) mass is 460 g/mol. The summed E-state index contributed by atoms with van der Waals surface area (Å²) in [4.78, 5) is 20.9. The Morgan fingerprint density at radius 3 is 2.55 bits per heavy atom. The highest BCUT2D eigenvalue weighted by Crippen LogP contribution is 2.37. The van der Waals surface area contributed by atoms with Crippen molar-refractivity contribution in [2.45, 2.75) is 82.3 Å². The van der Waals surface area contributed by atoms with Crippen LogP contribution >= 0.6 is 0 Å². The summed E-state index contributed by atoms with van der Waals surface area (Å²) < 4.78 is 39.5. The number of nitrogens with zero attached hydrogens (tertiary/aromatic N) is 2. The standard InChI is InChI=1S/C21H37FN4O4S/c1-14-6-7-18(22)17-13-19(30-24-20(14)17)21(27)23-15-4-3-5-16(12-15)25-8-10-26(11-9-25)31(2,28)29/h14-20,24H,3-13H2,1-2H3,(H,23,27). The number of carbonyl (C=O) groups excluding carboxylic acids is 1. The van der Waals surface area contributed by atoms with Crippen molar-refractivity contribution in [1.29, 1.82) is 0 Å². The van der Waals surface area contributed by atoms with Crippen molar-refractivity contribution in [3.05, 3.63) is 0 Å². The molecule has 8 nitrogen and oxygen atoms in total. The first-order valence-corrected chi connectivity index (χ1v) is 13.6. The van der Waals surface area contributed by atoms with Gasteiger partial charge in [0.1, 0.15) is 6.17 Å². The molecule has 0 aromatic heterocycles. The molecule has 2 aliphatic heterocycles. The number of hydrogen-bond acceptors (Lipinski definition) is 6. The Labute approximate surface area is 185 Å². The van der Waals surface area contributed by atoms with Gasteiger partial charge >= 0.3 is 0 Å². The lowest BCUT2D eigenvalue weighted by Gasteiger charge is -2.44. The lowest BCUT2D eigenvalue weighted by molar-refractivity contribution is -0.164. The quantitative estimate of drug-likeness (QED) is 0.652. The van der Waals surface area contributed by atoms with Crippen LogP contribution in [0.5, 0.6) is 0 Å². The van der Waals surface area contributed by atoms with Gasteiger partial charge in [0.05, 0.1) is 6.26 Å². The first kappa shape index (κ1) is 23.4. The lowest BCUT2D eigenvalue weighted by Crippen LogP contribution is -2.59. The van der Waals surface area contributed by atoms with Crippen molar-refractivity contribution >= 4 is 15.9 Å². The van der Waals surface area contributed by atoms with Crippen LogP contribution in [0.3, 0.4) is 0 Å². The van der Waals surface area contributed by atoms with E-state index in [0.717, 1.165) is 45.2 Å². The van der Waals surface area contributed by atoms with Crippen LogP contribution in [0.25, 0.3) is 0 Å². The van der Waals surface area contributed by atoms with Crippen molar-refractivity contribution in [3.63, 3.8) is 0 Å². The van der Waals surface area contributed by atoms with Crippen LogP contribution < -0.4 is 10.8 Å². The molecule has 1 amide bonds. The number of hydroxylamine groups is 1. The molecule has 31 heavy (non-hydrogen) atoms. The van der Waals surface area contributed by atoms with Crippen LogP contribution in [-0.4, -0.2) is 86.4 Å². The van der Waals surface area contributed by atoms with E-state index in [1.54, 1.807) is 0 Å². The third-order valence-electron chi connectivity index (χ3n) is 7.81. The van der Waals surface area contributed by atoms with Gasteiger partial charge in [-0.15, -0.1) is 0 Å². The molecule has 2 saturated heterocycles. The molecule has 0 radical (unpaired) electrons. The average molecular weight is 461 g/mol. The first-order chi connectivity index (χ1) is 14.7. The molecule has 7 atom stereocenters. The number of halogens is 1. The van der Waals surface area contributed by atoms with E-state index < -0.39 is 22.3 Å². The molecule has 2 heterocycles. The molecule has 2 N–H and O–H groups in total. The zero-order valence-electron chi connectivity index (χ0n) is 18.6. The summed E-state index contributed by atoms with van der Waals surface area (Å²) >= 11 is 0.